The highest BCUT2D eigenvalue weighted by Gasteiger charge is 2.09. The number of hydrogen-bond donors (Lipinski definition) is 3. The van der Waals surface area contributed by atoms with Gasteiger partial charge in [0.15, 0.2) is 5.82 Å². The van der Waals surface area contributed by atoms with E-state index in [0.717, 1.165) is 16.8 Å². The molecule has 0 aliphatic rings. The quantitative estimate of drug-likeness (QED) is 0.583. The second-order valence-electron chi connectivity index (χ2n) is 4.18. The molecule has 0 unspecified atom stereocenters. The van der Waals surface area contributed by atoms with Crippen molar-refractivity contribution >= 4 is 29.6 Å². The van der Waals surface area contributed by atoms with Crippen molar-refractivity contribution < 1.29 is 4.39 Å². The van der Waals surface area contributed by atoms with Crippen molar-refractivity contribution in [3.05, 3.63) is 46.8 Å². The summed E-state index contributed by atoms with van der Waals surface area (Å²) in [5, 5.41) is 4.61. The molecule has 2 N–H and O–H groups in total. The van der Waals surface area contributed by atoms with E-state index >= 15 is 0 Å². The van der Waals surface area contributed by atoms with E-state index in [1.54, 1.807) is 5.41 Å². The largest absolute Gasteiger partial charge is 0.325 e. The number of hydrogen-bond acceptors (Lipinski definition) is 3. The number of rotatable bonds is 3. The van der Waals surface area contributed by atoms with E-state index in [-0.39, 0.29) is 5.82 Å². The Balaban J connectivity index is 2.42. The summed E-state index contributed by atoms with van der Waals surface area (Å²) in [5.74, 6) is 0.138. The average Bonchev–Trinajstić information content (AvgIpc) is 2.68. The van der Waals surface area contributed by atoms with Crippen LogP contribution in [-0.2, 0) is 0 Å². The summed E-state index contributed by atoms with van der Waals surface area (Å²) in [5.41, 5.74) is 3.38. The van der Waals surface area contributed by atoms with Crippen molar-refractivity contribution in [3.63, 3.8) is 0 Å². The lowest BCUT2D eigenvalue weighted by molar-refractivity contribution is 0.636. The predicted octanol–water partition coefficient (Wildman–Crippen LogP) is 3.77. The smallest absolute Gasteiger partial charge is 0.205 e. The van der Waals surface area contributed by atoms with Crippen molar-refractivity contribution in [2.45, 2.75) is 13.8 Å². The number of imidazole rings is 1. The first kappa shape index (κ1) is 12.7. The number of nitrogens with one attached hydrogen (secondary N) is 2. The third kappa shape index (κ3) is 2.41. The van der Waals surface area contributed by atoms with E-state index in [1.165, 1.54) is 6.07 Å². The van der Waals surface area contributed by atoms with Gasteiger partial charge in [0.1, 0.15) is 5.52 Å². The Morgan fingerprint density at radius 1 is 1.56 bits per heavy atom. The maximum absolute atomic E-state index is 13.7. The van der Waals surface area contributed by atoms with Gasteiger partial charge in [0.05, 0.1) is 5.52 Å². The number of nitrogens with zero attached hydrogens (tertiary/aromatic N) is 1. The molecule has 5 heteroatoms. The number of aromatic amines is 1. The zero-order valence-electron chi connectivity index (χ0n) is 10.2. The molecule has 3 nitrogen and oxygen atoms in total. The Bertz CT molecular complexity index is 643. The number of anilines is 1. The summed E-state index contributed by atoms with van der Waals surface area (Å²) in [6.07, 6.45) is 0. The molecule has 0 amide bonds. The highest BCUT2D eigenvalue weighted by molar-refractivity contribution is 7.83. The molecule has 0 radical (unpaired) electrons. The van der Waals surface area contributed by atoms with Crippen LogP contribution in [0.3, 0.4) is 0 Å². The molecular formula is C13H14FN3S. The van der Waals surface area contributed by atoms with Gasteiger partial charge in [-0.3, -0.25) is 0 Å². The van der Waals surface area contributed by atoms with E-state index in [2.05, 4.69) is 34.5 Å². The number of aryl methyl sites for hydroxylation is 1. The molecule has 0 aliphatic carbocycles. The minimum Gasteiger partial charge on any atom is -0.325 e. The minimum absolute atomic E-state index is 0.323. The fraction of sp³-hybridized carbons (Fsp3) is 0.154. The summed E-state index contributed by atoms with van der Waals surface area (Å²) >= 11 is 4.08. The number of H-pyrrole nitrogens is 1. The van der Waals surface area contributed by atoms with Crippen LogP contribution in [0.1, 0.15) is 12.5 Å². The van der Waals surface area contributed by atoms with Gasteiger partial charge in [0.2, 0.25) is 5.95 Å². The molecule has 0 spiro atoms. The Kier molecular flexibility index (Phi) is 3.43. The first-order chi connectivity index (χ1) is 8.51. The molecule has 0 saturated carbocycles. The number of fused-ring (bicyclic) bond motifs is 1. The topological polar surface area (TPSA) is 40.7 Å². The molecule has 0 fully saturated rings. The molecule has 1 heterocycles. The third-order valence-electron chi connectivity index (χ3n) is 2.53. The molecule has 0 saturated heterocycles. The van der Waals surface area contributed by atoms with Crippen LogP contribution in [-0.4, -0.2) is 9.97 Å². The number of allylic oxidation sites excluding steroid dienone is 1. The van der Waals surface area contributed by atoms with Crippen molar-refractivity contribution in [2.75, 3.05) is 5.32 Å². The standard InChI is InChI=1S/C13H14FN3S/c1-7(2)11(6-18)16-13-15-10-5-8(3)4-9(14)12(10)17-13/h4-6,18H,1H2,2-3H3,(H2,15,16,17)/b11-6+. The maximum atomic E-state index is 13.7. The van der Waals surface area contributed by atoms with E-state index in [4.69, 9.17) is 0 Å². The molecule has 0 atom stereocenters. The van der Waals surface area contributed by atoms with E-state index in [0.29, 0.717) is 17.0 Å². The van der Waals surface area contributed by atoms with Crippen molar-refractivity contribution in [1.82, 2.24) is 9.97 Å². The first-order valence-corrected chi connectivity index (χ1v) is 5.96. The fourth-order valence-corrected chi connectivity index (χ4v) is 1.93. The molecule has 2 rings (SSSR count). The van der Waals surface area contributed by atoms with Gasteiger partial charge in [0.25, 0.3) is 0 Å². The zero-order chi connectivity index (χ0) is 13.3. The molecular weight excluding hydrogens is 249 g/mol. The van der Waals surface area contributed by atoms with Gasteiger partial charge in [-0.05, 0) is 42.5 Å². The highest BCUT2D eigenvalue weighted by atomic mass is 32.1. The van der Waals surface area contributed by atoms with Crippen LogP contribution in [0, 0.1) is 12.7 Å². The van der Waals surface area contributed by atoms with Crippen molar-refractivity contribution in [2.24, 2.45) is 0 Å². The van der Waals surface area contributed by atoms with Crippen LogP contribution >= 0.6 is 12.6 Å². The van der Waals surface area contributed by atoms with E-state index < -0.39 is 0 Å². The highest BCUT2D eigenvalue weighted by Crippen LogP contribution is 2.21. The third-order valence-corrected chi connectivity index (χ3v) is 2.78. The predicted molar refractivity (Wildman–Crippen MR) is 76.3 cm³/mol. The molecule has 1 aromatic carbocycles. The molecule has 18 heavy (non-hydrogen) atoms. The second-order valence-corrected chi connectivity index (χ2v) is 4.43. The van der Waals surface area contributed by atoms with Crippen LogP contribution < -0.4 is 5.32 Å². The van der Waals surface area contributed by atoms with Crippen LogP contribution in [0.4, 0.5) is 10.3 Å². The lowest BCUT2D eigenvalue weighted by atomic mass is 10.2. The van der Waals surface area contributed by atoms with Gasteiger partial charge in [-0.2, -0.15) is 0 Å². The van der Waals surface area contributed by atoms with Gasteiger partial charge in [-0.15, -0.1) is 12.6 Å². The van der Waals surface area contributed by atoms with Crippen LogP contribution in [0.15, 0.2) is 35.4 Å². The lowest BCUT2D eigenvalue weighted by Gasteiger charge is -2.05. The molecule has 0 aliphatic heterocycles. The van der Waals surface area contributed by atoms with E-state index in [1.807, 2.05) is 19.9 Å². The van der Waals surface area contributed by atoms with Gasteiger partial charge < -0.3 is 10.3 Å². The number of halogens is 1. The molecule has 0 bridgehead atoms. The lowest BCUT2D eigenvalue weighted by Crippen LogP contribution is -2.00. The fourth-order valence-electron chi connectivity index (χ4n) is 1.65. The average molecular weight is 263 g/mol. The zero-order valence-corrected chi connectivity index (χ0v) is 11.1. The van der Waals surface area contributed by atoms with Gasteiger partial charge >= 0.3 is 0 Å². The van der Waals surface area contributed by atoms with Gasteiger partial charge in [-0.1, -0.05) is 6.58 Å². The van der Waals surface area contributed by atoms with Crippen LogP contribution in [0.5, 0.6) is 0 Å². The molecule has 2 aromatic rings. The van der Waals surface area contributed by atoms with Crippen LogP contribution in [0.2, 0.25) is 0 Å². The number of aromatic nitrogens is 2. The summed E-state index contributed by atoms with van der Waals surface area (Å²) < 4.78 is 13.7. The Morgan fingerprint density at radius 3 is 2.89 bits per heavy atom. The normalized spacial score (nSPS) is 11.9. The summed E-state index contributed by atoms with van der Waals surface area (Å²) in [6, 6.07) is 3.31. The first-order valence-electron chi connectivity index (χ1n) is 5.44. The van der Waals surface area contributed by atoms with Crippen LogP contribution in [0.25, 0.3) is 11.0 Å². The SMILES string of the molecule is C=C(C)/C(=C\S)Nc1nc2c(F)cc(C)cc2[nH]1. The Morgan fingerprint density at radius 2 is 2.28 bits per heavy atom. The van der Waals surface area contributed by atoms with E-state index in [9.17, 15) is 4.39 Å². The van der Waals surface area contributed by atoms with Crippen molar-refractivity contribution in [1.29, 1.82) is 0 Å². The summed E-state index contributed by atoms with van der Waals surface area (Å²) in [6.45, 7) is 7.50. The molecule has 94 valence electrons. The Labute approximate surface area is 110 Å². The monoisotopic (exact) mass is 263 g/mol. The van der Waals surface area contributed by atoms with Gasteiger partial charge in [-0.25, -0.2) is 9.37 Å². The summed E-state index contributed by atoms with van der Waals surface area (Å²) in [4.78, 5) is 7.18. The molecule has 1 aromatic heterocycles. The maximum Gasteiger partial charge on any atom is 0.205 e. The summed E-state index contributed by atoms with van der Waals surface area (Å²) in [7, 11) is 0. The number of benzene rings is 1. The number of thiol groups is 1. The van der Waals surface area contributed by atoms with Crippen molar-refractivity contribution in [3.8, 4) is 0 Å². The minimum atomic E-state index is -0.332. The second kappa shape index (κ2) is 4.86. The van der Waals surface area contributed by atoms with Gasteiger partial charge in [0, 0.05) is 5.70 Å². The Hall–Kier alpha value is -1.75.